The third kappa shape index (κ3) is 5.34. The average molecular weight is 250 g/mol. The Hall–Kier alpha value is -2.04. The van der Waals surface area contributed by atoms with Gasteiger partial charge in [0.1, 0.15) is 5.75 Å². The van der Waals surface area contributed by atoms with Crippen molar-refractivity contribution in [1.82, 2.24) is 0 Å². The Kier molecular flexibility index (Phi) is 5.70. The van der Waals surface area contributed by atoms with Gasteiger partial charge in [0.15, 0.2) is 0 Å². The Morgan fingerprint density at radius 3 is 2.44 bits per heavy atom. The lowest BCUT2D eigenvalue weighted by Gasteiger charge is -2.07. The van der Waals surface area contributed by atoms with Crippen LogP contribution in [0.1, 0.15) is 26.2 Å². The lowest BCUT2D eigenvalue weighted by molar-refractivity contribution is -0.118. The Morgan fingerprint density at radius 2 is 1.89 bits per heavy atom. The normalized spacial score (nSPS) is 9.83. The Bertz CT molecular complexity index is 401. The second kappa shape index (κ2) is 7.32. The molecule has 1 aromatic carbocycles. The van der Waals surface area contributed by atoms with E-state index >= 15 is 0 Å². The molecule has 0 spiro atoms. The SMILES string of the molecule is CCCC(=O)Nc1ccc(OCCC(N)=O)cc1. The maximum atomic E-state index is 11.4. The third-order valence-corrected chi connectivity index (χ3v) is 2.23. The highest BCUT2D eigenvalue weighted by molar-refractivity contribution is 5.90. The number of nitrogens with one attached hydrogen (secondary N) is 1. The molecule has 3 N–H and O–H groups in total. The van der Waals surface area contributed by atoms with Gasteiger partial charge in [-0.25, -0.2) is 0 Å². The molecule has 98 valence electrons. The molecule has 5 heteroatoms. The largest absolute Gasteiger partial charge is 0.493 e. The number of anilines is 1. The molecule has 0 unspecified atom stereocenters. The van der Waals surface area contributed by atoms with Crippen LogP contribution in [-0.4, -0.2) is 18.4 Å². The monoisotopic (exact) mass is 250 g/mol. The maximum Gasteiger partial charge on any atom is 0.224 e. The maximum absolute atomic E-state index is 11.4. The zero-order valence-corrected chi connectivity index (χ0v) is 10.4. The molecule has 0 fully saturated rings. The topological polar surface area (TPSA) is 81.4 Å². The fourth-order valence-corrected chi connectivity index (χ4v) is 1.35. The van der Waals surface area contributed by atoms with Gasteiger partial charge in [0.2, 0.25) is 11.8 Å². The first kappa shape index (κ1) is 14.0. The fraction of sp³-hybridized carbons (Fsp3) is 0.385. The summed E-state index contributed by atoms with van der Waals surface area (Å²) in [6.45, 7) is 2.21. The first-order valence-electron chi connectivity index (χ1n) is 5.93. The average Bonchev–Trinajstić information content (AvgIpc) is 2.31. The number of rotatable bonds is 7. The molecule has 1 rings (SSSR count). The van der Waals surface area contributed by atoms with Crippen LogP contribution in [0.5, 0.6) is 5.75 Å². The van der Waals surface area contributed by atoms with E-state index in [1.807, 2.05) is 6.92 Å². The van der Waals surface area contributed by atoms with Crippen LogP contribution in [0.3, 0.4) is 0 Å². The highest BCUT2D eigenvalue weighted by Gasteiger charge is 2.01. The summed E-state index contributed by atoms with van der Waals surface area (Å²) >= 11 is 0. The molecular formula is C13H18N2O3. The lowest BCUT2D eigenvalue weighted by atomic mass is 10.2. The van der Waals surface area contributed by atoms with E-state index < -0.39 is 5.91 Å². The zero-order chi connectivity index (χ0) is 13.4. The van der Waals surface area contributed by atoms with Gasteiger partial charge in [-0.1, -0.05) is 6.92 Å². The Labute approximate surface area is 106 Å². The van der Waals surface area contributed by atoms with Crippen molar-refractivity contribution in [2.24, 2.45) is 5.73 Å². The molecule has 0 aliphatic rings. The fourth-order valence-electron chi connectivity index (χ4n) is 1.35. The second-order valence-corrected chi connectivity index (χ2v) is 3.89. The summed E-state index contributed by atoms with van der Waals surface area (Å²) < 4.78 is 5.31. The van der Waals surface area contributed by atoms with Crippen molar-refractivity contribution < 1.29 is 14.3 Å². The molecule has 0 bridgehead atoms. The number of nitrogens with two attached hydrogens (primary N) is 1. The molecule has 0 atom stereocenters. The number of ether oxygens (including phenoxy) is 1. The minimum absolute atomic E-state index is 0.0000955. The number of hydrogen-bond acceptors (Lipinski definition) is 3. The minimum Gasteiger partial charge on any atom is -0.493 e. The van der Waals surface area contributed by atoms with Crippen LogP contribution in [0.2, 0.25) is 0 Å². The molecule has 1 aromatic rings. The van der Waals surface area contributed by atoms with Crippen LogP contribution in [0.4, 0.5) is 5.69 Å². The number of hydrogen-bond donors (Lipinski definition) is 2. The minimum atomic E-state index is -0.390. The van der Waals surface area contributed by atoms with Gasteiger partial charge in [0.05, 0.1) is 13.0 Å². The predicted molar refractivity (Wildman–Crippen MR) is 69.3 cm³/mol. The molecule has 0 radical (unpaired) electrons. The predicted octanol–water partition coefficient (Wildman–Crippen LogP) is 1.68. The summed E-state index contributed by atoms with van der Waals surface area (Å²) in [6, 6.07) is 6.99. The van der Waals surface area contributed by atoms with Gasteiger partial charge in [-0.05, 0) is 30.7 Å². The number of primary amides is 1. The van der Waals surface area contributed by atoms with Crippen LogP contribution in [0.15, 0.2) is 24.3 Å². The van der Waals surface area contributed by atoms with Crippen LogP contribution in [0, 0.1) is 0 Å². The molecule has 0 saturated carbocycles. The summed E-state index contributed by atoms with van der Waals surface area (Å²) in [6.07, 6.45) is 1.52. The molecule has 18 heavy (non-hydrogen) atoms. The first-order valence-corrected chi connectivity index (χ1v) is 5.93. The molecule has 2 amide bonds. The zero-order valence-electron chi connectivity index (χ0n) is 10.4. The van der Waals surface area contributed by atoms with Crippen molar-refractivity contribution in [3.8, 4) is 5.75 Å². The summed E-state index contributed by atoms with van der Waals surface area (Å²) in [4.78, 5) is 21.9. The first-order chi connectivity index (χ1) is 8.61. The lowest BCUT2D eigenvalue weighted by Crippen LogP contribution is -2.14. The highest BCUT2D eigenvalue weighted by Crippen LogP contribution is 2.16. The number of carbonyl (C=O) groups excluding carboxylic acids is 2. The molecule has 0 aliphatic carbocycles. The highest BCUT2D eigenvalue weighted by atomic mass is 16.5. The van der Waals surface area contributed by atoms with E-state index in [0.29, 0.717) is 12.2 Å². The summed E-state index contributed by atoms with van der Waals surface area (Å²) in [7, 11) is 0. The van der Waals surface area contributed by atoms with Gasteiger partial charge in [-0.15, -0.1) is 0 Å². The molecular weight excluding hydrogens is 232 g/mol. The molecule has 0 aliphatic heterocycles. The van der Waals surface area contributed by atoms with Crippen LogP contribution in [0.25, 0.3) is 0 Å². The number of carbonyl (C=O) groups is 2. The molecule has 5 nitrogen and oxygen atoms in total. The van der Waals surface area contributed by atoms with Crippen LogP contribution in [-0.2, 0) is 9.59 Å². The molecule has 0 heterocycles. The van der Waals surface area contributed by atoms with E-state index in [2.05, 4.69) is 5.32 Å². The van der Waals surface area contributed by atoms with E-state index in [1.54, 1.807) is 24.3 Å². The van der Waals surface area contributed by atoms with Gasteiger partial charge in [-0.3, -0.25) is 9.59 Å². The summed E-state index contributed by atoms with van der Waals surface area (Å²) in [5.41, 5.74) is 5.73. The van der Waals surface area contributed by atoms with Gasteiger partial charge in [0.25, 0.3) is 0 Å². The van der Waals surface area contributed by atoms with Gasteiger partial charge >= 0.3 is 0 Å². The van der Waals surface area contributed by atoms with Gasteiger partial charge in [0, 0.05) is 12.1 Å². The Morgan fingerprint density at radius 1 is 1.22 bits per heavy atom. The van der Waals surface area contributed by atoms with Crippen molar-refractivity contribution in [1.29, 1.82) is 0 Å². The van der Waals surface area contributed by atoms with E-state index in [1.165, 1.54) is 0 Å². The third-order valence-electron chi connectivity index (χ3n) is 2.23. The summed E-state index contributed by atoms with van der Waals surface area (Å²) in [5.74, 6) is 0.253. The number of amides is 2. The number of benzene rings is 1. The van der Waals surface area contributed by atoms with Crippen molar-refractivity contribution in [2.45, 2.75) is 26.2 Å². The van der Waals surface area contributed by atoms with Gasteiger partial charge < -0.3 is 15.8 Å². The van der Waals surface area contributed by atoms with Crippen LogP contribution >= 0.6 is 0 Å². The standard InChI is InChI=1S/C13H18N2O3/c1-2-3-13(17)15-10-4-6-11(7-5-10)18-9-8-12(14)16/h4-7H,2-3,8-9H2,1H3,(H2,14,16)(H,15,17). The summed E-state index contributed by atoms with van der Waals surface area (Å²) in [5, 5.41) is 2.78. The van der Waals surface area contributed by atoms with Gasteiger partial charge in [-0.2, -0.15) is 0 Å². The second-order valence-electron chi connectivity index (χ2n) is 3.89. The van der Waals surface area contributed by atoms with E-state index in [0.717, 1.165) is 12.1 Å². The van der Waals surface area contributed by atoms with E-state index in [-0.39, 0.29) is 18.9 Å². The van der Waals surface area contributed by atoms with Crippen molar-refractivity contribution in [3.05, 3.63) is 24.3 Å². The van der Waals surface area contributed by atoms with Crippen molar-refractivity contribution in [2.75, 3.05) is 11.9 Å². The van der Waals surface area contributed by atoms with Crippen LogP contribution < -0.4 is 15.8 Å². The van der Waals surface area contributed by atoms with E-state index in [4.69, 9.17) is 10.5 Å². The molecule has 0 saturated heterocycles. The van der Waals surface area contributed by atoms with Crippen molar-refractivity contribution >= 4 is 17.5 Å². The van der Waals surface area contributed by atoms with Crippen molar-refractivity contribution in [3.63, 3.8) is 0 Å². The molecule has 0 aromatic heterocycles. The quantitative estimate of drug-likeness (QED) is 0.772. The smallest absolute Gasteiger partial charge is 0.224 e. The Balaban J connectivity index is 2.42. The van der Waals surface area contributed by atoms with E-state index in [9.17, 15) is 9.59 Å².